The van der Waals surface area contributed by atoms with E-state index in [1.54, 1.807) is 50.4 Å². The van der Waals surface area contributed by atoms with Crippen LogP contribution in [0.2, 0.25) is 0 Å². The zero-order chi connectivity index (χ0) is 17.3. The van der Waals surface area contributed by atoms with Crippen molar-refractivity contribution in [2.24, 2.45) is 11.7 Å². The minimum atomic E-state index is -0.891. The number of hydrogen-bond acceptors (Lipinski definition) is 5. The molecule has 0 bridgehead atoms. The molecule has 1 aromatic carbocycles. The van der Waals surface area contributed by atoms with Crippen LogP contribution in [0, 0.1) is 24.2 Å². The van der Waals surface area contributed by atoms with Gasteiger partial charge >= 0.3 is 0 Å². The molecular formula is C18H16N2O4. The molecule has 0 unspecified atom stereocenters. The monoisotopic (exact) mass is 324 g/mol. The lowest BCUT2D eigenvalue weighted by molar-refractivity contribution is -0.123. The highest BCUT2D eigenvalue weighted by Crippen LogP contribution is 2.45. The molecule has 1 aliphatic rings. The molecule has 1 amide bonds. The Morgan fingerprint density at radius 3 is 2.46 bits per heavy atom. The number of carbonyl (C=O) groups is 1. The summed E-state index contributed by atoms with van der Waals surface area (Å²) in [7, 11) is 1.57. The van der Waals surface area contributed by atoms with E-state index in [0.29, 0.717) is 28.6 Å². The summed E-state index contributed by atoms with van der Waals surface area (Å²) in [4.78, 5) is 11.9. The highest BCUT2D eigenvalue weighted by molar-refractivity contribution is 5.87. The van der Waals surface area contributed by atoms with Gasteiger partial charge in [-0.15, -0.1) is 0 Å². The van der Waals surface area contributed by atoms with Gasteiger partial charge < -0.3 is 19.6 Å². The summed E-state index contributed by atoms with van der Waals surface area (Å²) < 4.78 is 16.6. The van der Waals surface area contributed by atoms with E-state index in [1.165, 1.54) is 0 Å². The molecule has 0 saturated heterocycles. The molecule has 2 N–H and O–H groups in total. The molecular weight excluding hydrogens is 308 g/mol. The van der Waals surface area contributed by atoms with Crippen LogP contribution in [0.4, 0.5) is 0 Å². The Morgan fingerprint density at radius 2 is 1.96 bits per heavy atom. The third kappa shape index (κ3) is 2.61. The number of nitriles is 1. The van der Waals surface area contributed by atoms with Gasteiger partial charge in [-0.2, -0.15) is 5.26 Å². The SMILES string of the molecule is COc1ccc(C2=C(C#N)[C@H](C(N)=O)[C@@H](c3ccc(C)o3)O2)cc1. The summed E-state index contributed by atoms with van der Waals surface area (Å²) in [5.41, 5.74) is 6.39. The third-order valence-electron chi connectivity index (χ3n) is 3.92. The molecule has 2 aromatic rings. The van der Waals surface area contributed by atoms with Gasteiger partial charge in [0, 0.05) is 5.56 Å². The topological polar surface area (TPSA) is 98.5 Å². The largest absolute Gasteiger partial charge is 0.497 e. The molecule has 3 rings (SSSR count). The van der Waals surface area contributed by atoms with Crippen LogP contribution in [0.3, 0.4) is 0 Å². The van der Waals surface area contributed by atoms with Crippen molar-refractivity contribution in [3.05, 3.63) is 59.1 Å². The average molecular weight is 324 g/mol. The van der Waals surface area contributed by atoms with Gasteiger partial charge in [0.15, 0.2) is 6.10 Å². The number of nitrogens with zero attached hydrogens (tertiary/aromatic N) is 1. The summed E-state index contributed by atoms with van der Waals surface area (Å²) in [6, 6.07) is 12.6. The Kier molecular flexibility index (Phi) is 4.00. The highest BCUT2D eigenvalue weighted by atomic mass is 16.5. The van der Waals surface area contributed by atoms with E-state index >= 15 is 0 Å². The Hall–Kier alpha value is -3.20. The molecule has 0 saturated carbocycles. The van der Waals surface area contributed by atoms with Gasteiger partial charge in [0.1, 0.15) is 28.9 Å². The molecule has 24 heavy (non-hydrogen) atoms. The Bertz CT molecular complexity index is 843. The quantitative estimate of drug-likeness (QED) is 0.932. The van der Waals surface area contributed by atoms with Gasteiger partial charge in [0.2, 0.25) is 5.91 Å². The molecule has 6 heteroatoms. The van der Waals surface area contributed by atoms with Crippen molar-refractivity contribution in [2.45, 2.75) is 13.0 Å². The van der Waals surface area contributed by atoms with Crippen molar-refractivity contribution in [3.8, 4) is 11.8 Å². The van der Waals surface area contributed by atoms with Crippen LogP contribution >= 0.6 is 0 Å². The number of ether oxygens (including phenoxy) is 2. The number of aryl methyl sites for hydroxylation is 1. The lowest BCUT2D eigenvalue weighted by Gasteiger charge is -2.15. The second-order valence-electron chi connectivity index (χ2n) is 5.45. The van der Waals surface area contributed by atoms with Gasteiger partial charge in [0.25, 0.3) is 0 Å². The van der Waals surface area contributed by atoms with E-state index in [9.17, 15) is 10.1 Å². The summed E-state index contributed by atoms with van der Waals surface area (Å²) in [5, 5.41) is 9.54. The van der Waals surface area contributed by atoms with E-state index in [4.69, 9.17) is 19.6 Å². The summed E-state index contributed by atoms with van der Waals surface area (Å²) in [5.74, 6) is 0.649. The van der Waals surface area contributed by atoms with Gasteiger partial charge in [-0.25, -0.2) is 0 Å². The molecule has 6 nitrogen and oxygen atoms in total. The fourth-order valence-electron chi connectivity index (χ4n) is 2.76. The first-order valence-corrected chi connectivity index (χ1v) is 7.36. The second-order valence-corrected chi connectivity index (χ2v) is 5.45. The number of furan rings is 1. The number of nitrogens with two attached hydrogens (primary N) is 1. The zero-order valence-corrected chi connectivity index (χ0v) is 13.3. The second kappa shape index (κ2) is 6.13. The van der Waals surface area contributed by atoms with Crippen LogP contribution in [0.15, 0.2) is 46.4 Å². The van der Waals surface area contributed by atoms with Crippen molar-refractivity contribution < 1.29 is 18.7 Å². The molecule has 0 radical (unpaired) electrons. The molecule has 1 aromatic heterocycles. The molecule has 2 heterocycles. The Balaban J connectivity index is 2.05. The van der Waals surface area contributed by atoms with Crippen molar-refractivity contribution in [1.82, 2.24) is 0 Å². The van der Waals surface area contributed by atoms with Crippen molar-refractivity contribution in [3.63, 3.8) is 0 Å². The number of hydrogen-bond donors (Lipinski definition) is 1. The van der Waals surface area contributed by atoms with Crippen molar-refractivity contribution in [2.75, 3.05) is 7.11 Å². The predicted molar refractivity (Wildman–Crippen MR) is 85.5 cm³/mol. The molecule has 0 spiro atoms. The van der Waals surface area contributed by atoms with Crippen LogP contribution in [-0.2, 0) is 9.53 Å². The fraction of sp³-hybridized carbons (Fsp3) is 0.222. The van der Waals surface area contributed by atoms with Gasteiger partial charge in [-0.3, -0.25) is 4.79 Å². The number of primary amides is 1. The third-order valence-corrected chi connectivity index (χ3v) is 3.92. The van der Waals surface area contributed by atoms with Gasteiger partial charge in [-0.1, -0.05) is 0 Å². The smallest absolute Gasteiger partial charge is 0.230 e. The number of methoxy groups -OCH3 is 1. The highest BCUT2D eigenvalue weighted by Gasteiger charge is 2.43. The van der Waals surface area contributed by atoms with E-state index < -0.39 is 17.9 Å². The summed E-state index contributed by atoms with van der Waals surface area (Å²) in [6.45, 7) is 1.79. The molecule has 0 fully saturated rings. The van der Waals surface area contributed by atoms with E-state index in [2.05, 4.69) is 6.07 Å². The Morgan fingerprint density at radius 1 is 1.25 bits per heavy atom. The lowest BCUT2D eigenvalue weighted by atomic mass is 9.92. The maximum absolute atomic E-state index is 11.9. The fourth-order valence-corrected chi connectivity index (χ4v) is 2.76. The van der Waals surface area contributed by atoms with Gasteiger partial charge in [-0.05, 0) is 43.3 Å². The average Bonchev–Trinajstić information content (AvgIpc) is 3.18. The zero-order valence-electron chi connectivity index (χ0n) is 13.3. The number of rotatable bonds is 4. The first kappa shape index (κ1) is 15.7. The van der Waals surface area contributed by atoms with Crippen molar-refractivity contribution >= 4 is 11.7 Å². The maximum Gasteiger partial charge on any atom is 0.230 e. The molecule has 0 aliphatic carbocycles. The Labute approximate surface area is 139 Å². The summed E-state index contributed by atoms with van der Waals surface area (Å²) in [6.07, 6.45) is -0.747. The minimum Gasteiger partial charge on any atom is -0.497 e. The van der Waals surface area contributed by atoms with E-state index in [1.807, 2.05) is 0 Å². The first-order valence-electron chi connectivity index (χ1n) is 7.36. The van der Waals surface area contributed by atoms with Crippen LogP contribution < -0.4 is 10.5 Å². The van der Waals surface area contributed by atoms with Crippen LogP contribution in [0.5, 0.6) is 5.75 Å². The molecule has 122 valence electrons. The normalized spacial score (nSPS) is 19.7. The van der Waals surface area contributed by atoms with Crippen LogP contribution in [0.1, 0.15) is 23.2 Å². The number of benzene rings is 1. The molecule has 2 atom stereocenters. The summed E-state index contributed by atoms with van der Waals surface area (Å²) >= 11 is 0. The number of carbonyl (C=O) groups excluding carboxylic acids is 1. The standard InChI is InChI=1S/C18H16N2O4/c1-10-3-8-14(23-10)17-15(18(20)21)13(9-19)16(24-17)11-4-6-12(22-2)7-5-11/h3-8,15,17H,1-2H3,(H2,20,21)/t15-,17+/m0/s1. The minimum absolute atomic E-state index is 0.201. The lowest BCUT2D eigenvalue weighted by Crippen LogP contribution is -2.27. The van der Waals surface area contributed by atoms with Gasteiger partial charge in [0.05, 0.1) is 18.8 Å². The van der Waals surface area contributed by atoms with Crippen LogP contribution in [-0.4, -0.2) is 13.0 Å². The van der Waals surface area contributed by atoms with E-state index in [-0.39, 0.29) is 5.57 Å². The predicted octanol–water partition coefficient (Wildman–Crippen LogP) is 2.70. The van der Waals surface area contributed by atoms with Crippen LogP contribution in [0.25, 0.3) is 5.76 Å². The number of amides is 1. The van der Waals surface area contributed by atoms with Crippen molar-refractivity contribution in [1.29, 1.82) is 5.26 Å². The first-order chi connectivity index (χ1) is 11.5. The maximum atomic E-state index is 11.9. The van der Waals surface area contributed by atoms with E-state index in [0.717, 1.165) is 0 Å². The molecule has 1 aliphatic heterocycles.